The summed E-state index contributed by atoms with van der Waals surface area (Å²) in [4.78, 5) is 0. The number of hydrogen-bond acceptors (Lipinski definition) is 2. The van der Waals surface area contributed by atoms with E-state index in [-0.39, 0.29) is 12.1 Å². The normalized spacial score (nSPS) is 12.9. The van der Waals surface area contributed by atoms with E-state index in [4.69, 9.17) is 0 Å². The minimum atomic E-state index is -0.879. The van der Waals surface area contributed by atoms with Gasteiger partial charge in [0.05, 0.1) is 0 Å². The molecule has 1 unspecified atom stereocenters. The van der Waals surface area contributed by atoms with Crippen LogP contribution in [0.2, 0.25) is 0 Å². The molecule has 0 bridgehead atoms. The SMILES string of the molecule is CC(c1cccc2ccccc12)N(CCN([C@@H](C)c1cccc2ccccc12)P(c1ccccc1)c1ccccc1)P(c1ccccc1)c1ccccc1. The van der Waals surface area contributed by atoms with Gasteiger partial charge >= 0.3 is 0 Å². The Hall–Kier alpha value is -4.94. The van der Waals surface area contributed by atoms with Crippen molar-refractivity contribution in [3.05, 3.63) is 217 Å². The lowest BCUT2D eigenvalue weighted by atomic mass is 9.99. The third-order valence-electron chi connectivity index (χ3n) is 10.5. The van der Waals surface area contributed by atoms with Gasteiger partial charge in [0.1, 0.15) is 0 Å². The first-order valence-electron chi connectivity index (χ1n) is 19.0. The topological polar surface area (TPSA) is 6.48 Å². The molecule has 0 aliphatic heterocycles. The number of benzene rings is 8. The molecule has 0 spiro atoms. The molecule has 4 heteroatoms. The van der Waals surface area contributed by atoms with E-state index in [1.165, 1.54) is 53.9 Å². The number of hydrogen-bond donors (Lipinski definition) is 0. The molecule has 0 amide bonds. The zero-order valence-electron chi connectivity index (χ0n) is 31.0. The summed E-state index contributed by atoms with van der Waals surface area (Å²) in [5.74, 6) is 0. The van der Waals surface area contributed by atoms with Crippen LogP contribution in [0.3, 0.4) is 0 Å². The Morgan fingerprint density at radius 1 is 0.333 bits per heavy atom. The van der Waals surface area contributed by atoms with Gasteiger partial charge in [0, 0.05) is 41.3 Å². The Kier molecular flexibility index (Phi) is 11.4. The standard InChI is InChI=1S/C50H46N2P2/c1-39(47-35-19-23-41-21-15-17-33-49(41)47)51(53(43-25-7-3-8-26-43)44-27-9-4-10-28-44)37-38-52(40(2)48-36-20-24-42-22-16-18-34-50(42)48)54(45-29-11-5-12-30-45)46-31-13-6-14-32-46/h3-36,39-40H,37-38H2,1-2H3/t39-,40?/m0/s1. The highest BCUT2D eigenvalue weighted by Crippen LogP contribution is 2.49. The molecule has 2 atom stereocenters. The van der Waals surface area contributed by atoms with Crippen LogP contribution in [0, 0.1) is 0 Å². The highest BCUT2D eigenvalue weighted by Gasteiger charge is 2.33. The lowest BCUT2D eigenvalue weighted by Gasteiger charge is -2.42. The lowest BCUT2D eigenvalue weighted by molar-refractivity contribution is 0.303. The number of nitrogens with zero attached hydrogens (tertiary/aromatic N) is 2. The van der Waals surface area contributed by atoms with Crippen molar-refractivity contribution in [3.8, 4) is 0 Å². The smallest absolute Gasteiger partial charge is 0.0368 e. The van der Waals surface area contributed by atoms with E-state index >= 15 is 0 Å². The first-order chi connectivity index (χ1) is 26.7. The summed E-state index contributed by atoms with van der Waals surface area (Å²) in [7, 11) is -1.76. The van der Waals surface area contributed by atoms with Crippen molar-refractivity contribution < 1.29 is 0 Å². The maximum Gasteiger partial charge on any atom is 0.0368 e. The Labute approximate surface area is 323 Å². The summed E-state index contributed by atoms with van der Waals surface area (Å²) in [6.07, 6.45) is 0. The van der Waals surface area contributed by atoms with Gasteiger partial charge in [0.15, 0.2) is 0 Å². The summed E-state index contributed by atoms with van der Waals surface area (Å²) in [5, 5.41) is 10.7. The summed E-state index contributed by atoms with van der Waals surface area (Å²) in [6.45, 7) is 6.62. The Morgan fingerprint density at radius 3 is 0.944 bits per heavy atom. The monoisotopic (exact) mass is 736 g/mol. The van der Waals surface area contributed by atoms with Crippen LogP contribution < -0.4 is 21.2 Å². The molecule has 0 aliphatic rings. The van der Waals surface area contributed by atoms with E-state index in [1.807, 2.05) is 0 Å². The van der Waals surface area contributed by atoms with Gasteiger partial charge in [-0.25, -0.2) is 0 Å². The molecule has 54 heavy (non-hydrogen) atoms. The second kappa shape index (κ2) is 17.0. The molecule has 0 heterocycles. The zero-order chi connectivity index (χ0) is 36.7. The van der Waals surface area contributed by atoms with E-state index in [1.54, 1.807) is 0 Å². The minimum Gasteiger partial charge on any atom is -0.266 e. The quantitative estimate of drug-likeness (QED) is 0.109. The Bertz CT molecular complexity index is 2140. The van der Waals surface area contributed by atoms with Gasteiger partial charge in [0.2, 0.25) is 0 Å². The maximum absolute atomic E-state index is 2.83. The molecule has 0 aromatic heterocycles. The van der Waals surface area contributed by atoms with E-state index in [9.17, 15) is 0 Å². The number of fused-ring (bicyclic) bond motifs is 2. The molecule has 0 saturated carbocycles. The van der Waals surface area contributed by atoms with E-state index < -0.39 is 16.1 Å². The van der Waals surface area contributed by atoms with Crippen LogP contribution in [-0.4, -0.2) is 22.4 Å². The molecule has 2 nitrogen and oxygen atoms in total. The summed E-state index contributed by atoms with van der Waals surface area (Å²) < 4.78 is 5.65. The highest BCUT2D eigenvalue weighted by atomic mass is 31.1. The summed E-state index contributed by atoms with van der Waals surface area (Å²) in [6, 6.07) is 76.5. The van der Waals surface area contributed by atoms with Crippen LogP contribution in [0.5, 0.6) is 0 Å². The fraction of sp³-hybridized carbons (Fsp3) is 0.120. The van der Waals surface area contributed by atoms with Crippen LogP contribution in [0.1, 0.15) is 37.1 Å². The van der Waals surface area contributed by atoms with Gasteiger partial charge in [0.25, 0.3) is 0 Å². The van der Waals surface area contributed by atoms with Crippen molar-refractivity contribution >= 4 is 58.9 Å². The van der Waals surface area contributed by atoms with Crippen molar-refractivity contribution in [1.82, 2.24) is 9.34 Å². The fourth-order valence-corrected chi connectivity index (χ4v) is 13.0. The summed E-state index contributed by atoms with van der Waals surface area (Å²) in [5.41, 5.74) is 2.74. The molecule has 8 aromatic carbocycles. The molecular weight excluding hydrogens is 691 g/mol. The maximum atomic E-state index is 2.83. The summed E-state index contributed by atoms with van der Waals surface area (Å²) >= 11 is 0. The molecule has 0 saturated heterocycles. The molecule has 0 radical (unpaired) electrons. The van der Waals surface area contributed by atoms with Gasteiger partial charge in [-0.05, 0) is 67.7 Å². The van der Waals surface area contributed by atoms with E-state index in [2.05, 4.69) is 229 Å². The predicted octanol–water partition coefficient (Wildman–Crippen LogP) is 11.5. The molecule has 266 valence electrons. The van der Waals surface area contributed by atoms with Crippen molar-refractivity contribution in [1.29, 1.82) is 0 Å². The van der Waals surface area contributed by atoms with Crippen molar-refractivity contribution in [2.24, 2.45) is 0 Å². The molecule has 0 aliphatic carbocycles. The van der Waals surface area contributed by atoms with Crippen molar-refractivity contribution in [2.45, 2.75) is 25.9 Å². The molecule has 0 N–H and O–H groups in total. The van der Waals surface area contributed by atoms with Crippen molar-refractivity contribution in [3.63, 3.8) is 0 Å². The second-order valence-electron chi connectivity index (χ2n) is 13.8. The number of rotatable bonds is 13. The van der Waals surface area contributed by atoms with E-state index in [0.717, 1.165) is 13.1 Å². The van der Waals surface area contributed by atoms with Crippen molar-refractivity contribution in [2.75, 3.05) is 13.1 Å². The minimum absolute atomic E-state index is 0.150. The van der Waals surface area contributed by atoms with Crippen LogP contribution in [-0.2, 0) is 0 Å². The second-order valence-corrected chi connectivity index (χ2v) is 18.1. The average molecular weight is 737 g/mol. The first-order valence-corrected chi connectivity index (χ1v) is 21.5. The molecular formula is C50H46N2P2. The largest absolute Gasteiger partial charge is 0.266 e. The molecule has 8 rings (SSSR count). The molecule has 0 fully saturated rings. The fourth-order valence-electron chi connectivity index (χ4n) is 7.86. The van der Waals surface area contributed by atoms with Gasteiger partial charge in [-0.3, -0.25) is 9.34 Å². The zero-order valence-corrected chi connectivity index (χ0v) is 32.8. The van der Waals surface area contributed by atoms with Gasteiger partial charge < -0.3 is 0 Å². The Morgan fingerprint density at radius 2 is 0.611 bits per heavy atom. The molecule has 8 aromatic rings. The average Bonchev–Trinajstić information content (AvgIpc) is 3.25. The third kappa shape index (κ3) is 7.67. The third-order valence-corrected chi connectivity index (χ3v) is 15.8. The van der Waals surface area contributed by atoms with Gasteiger partial charge in [-0.15, -0.1) is 0 Å². The van der Waals surface area contributed by atoms with Crippen LogP contribution in [0.4, 0.5) is 0 Å². The lowest BCUT2D eigenvalue weighted by Crippen LogP contribution is -2.39. The predicted molar refractivity (Wildman–Crippen MR) is 236 cm³/mol. The van der Waals surface area contributed by atoms with Crippen LogP contribution >= 0.6 is 16.1 Å². The Balaban J connectivity index is 1.29. The highest BCUT2D eigenvalue weighted by molar-refractivity contribution is 7.71. The van der Waals surface area contributed by atoms with E-state index in [0.29, 0.717) is 0 Å². The first kappa shape index (κ1) is 36.1. The van der Waals surface area contributed by atoms with Gasteiger partial charge in [-0.1, -0.05) is 206 Å². The van der Waals surface area contributed by atoms with Crippen LogP contribution in [0.25, 0.3) is 21.5 Å². The van der Waals surface area contributed by atoms with Crippen LogP contribution in [0.15, 0.2) is 206 Å². The van der Waals surface area contributed by atoms with Gasteiger partial charge in [-0.2, -0.15) is 0 Å².